The molecular formula is C31H43IO3Si. The molecule has 0 N–H and O–H groups in total. The van der Waals surface area contributed by atoms with Gasteiger partial charge in [-0.25, -0.2) is 0 Å². The minimum Gasteiger partial charge on any atom is -0.496 e. The van der Waals surface area contributed by atoms with Crippen LogP contribution in [0.2, 0.25) is 16.6 Å². The average molecular weight is 619 g/mol. The Hall–Kier alpha value is -1.91. The van der Waals surface area contributed by atoms with Crippen molar-refractivity contribution >= 4 is 42.8 Å². The van der Waals surface area contributed by atoms with Crippen molar-refractivity contribution in [3.8, 4) is 28.7 Å². The van der Waals surface area contributed by atoms with Crippen LogP contribution in [0.1, 0.15) is 77.6 Å². The SMILES string of the molecule is CCOc1cc(/C=C/c2cc(OC)c(I)cc2OCC)c(C)cc1C#C[Si](C(C)C)(C(C)C)C(C)C. The topological polar surface area (TPSA) is 27.7 Å². The molecule has 0 atom stereocenters. The van der Waals surface area contributed by atoms with Gasteiger partial charge in [0.2, 0.25) is 0 Å². The molecule has 5 heteroatoms. The van der Waals surface area contributed by atoms with Crippen molar-refractivity contribution in [1.29, 1.82) is 0 Å². The molecule has 0 aliphatic carbocycles. The quantitative estimate of drug-likeness (QED) is 0.115. The number of ether oxygens (including phenoxy) is 3. The third kappa shape index (κ3) is 6.89. The number of benzene rings is 2. The summed E-state index contributed by atoms with van der Waals surface area (Å²) in [6.45, 7) is 21.4. The molecule has 196 valence electrons. The van der Waals surface area contributed by atoms with E-state index in [1.54, 1.807) is 7.11 Å². The van der Waals surface area contributed by atoms with Crippen LogP contribution in [-0.2, 0) is 0 Å². The predicted octanol–water partition coefficient (Wildman–Crippen LogP) is 9.15. The lowest BCUT2D eigenvalue weighted by Crippen LogP contribution is -2.43. The summed E-state index contributed by atoms with van der Waals surface area (Å²) in [5.74, 6) is 6.13. The highest BCUT2D eigenvalue weighted by Gasteiger charge is 2.41. The predicted molar refractivity (Wildman–Crippen MR) is 166 cm³/mol. The van der Waals surface area contributed by atoms with Crippen LogP contribution in [0, 0.1) is 22.0 Å². The molecule has 0 aromatic heterocycles. The van der Waals surface area contributed by atoms with Gasteiger partial charge >= 0.3 is 0 Å². The molecule has 0 aliphatic heterocycles. The first kappa shape index (κ1) is 30.3. The summed E-state index contributed by atoms with van der Waals surface area (Å²) in [4.78, 5) is 0. The third-order valence-electron chi connectivity index (χ3n) is 6.97. The van der Waals surface area contributed by atoms with Crippen LogP contribution >= 0.6 is 22.6 Å². The van der Waals surface area contributed by atoms with Crippen LogP contribution < -0.4 is 14.2 Å². The smallest absolute Gasteiger partial charge is 0.146 e. The lowest BCUT2D eigenvalue weighted by Gasteiger charge is -2.38. The average Bonchev–Trinajstić information content (AvgIpc) is 2.80. The Labute approximate surface area is 234 Å². The van der Waals surface area contributed by atoms with E-state index in [-0.39, 0.29) is 0 Å². The van der Waals surface area contributed by atoms with Crippen LogP contribution in [0.3, 0.4) is 0 Å². The molecule has 2 rings (SSSR count). The number of hydrogen-bond donors (Lipinski definition) is 0. The van der Waals surface area contributed by atoms with Gasteiger partial charge in [-0.05, 0) is 95.4 Å². The van der Waals surface area contributed by atoms with Crippen LogP contribution in [-0.4, -0.2) is 28.4 Å². The normalized spacial score (nSPS) is 11.8. The van der Waals surface area contributed by atoms with E-state index in [1.807, 2.05) is 26.0 Å². The molecule has 0 saturated carbocycles. The zero-order chi connectivity index (χ0) is 27.0. The summed E-state index contributed by atoms with van der Waals surface area (Å²) in [5, 5.41) is 0. The molecule has 0 spiro atoms. The summed E-state index contributed by atoms with van der Waals surface area (Å²) in [6, 6.07) is 8.34. The van der Waals surface area contributed by atoms with E-state index in [2.05, 4.69) is 107 Å². The van der Waals surface area contributed by atoms with Crippen molar-refractivity contribution in [2.75, 3.05) is 20.3 Å². The second-order valence-electron chi connectivity index (χ2n) is 10.1. The first-order chi connectivity index (χ1) is 17.0. The minimum absolute atomic E-state index is 0.592. The number of methoxy groups -OCH3 is 1. The molecule has 2 aromatic carbocycles. The number of halogens is 1. The summed E-state index contributed by atoms with van der Waals surface area (Å²) in [7, 11) is -0.138. The van der Waals surface area contributed by atoms with Gasteiger partial charge in [-0.3, -0.25) is 0 Å². The summed E-state index contributed by atoms with van der Waals surface area (Å²) >= 11 is 2.27. The fourth-order valence-corrected chi connectivity index (χ4v) is 11.0. The van der Waals surface area contributed by atoms with E-state index < -0.39 is 8.07 Å². The summed E-state index contributed by atoms with van der Waals surface area (Å²) in [5.41, 5.74) is 9.86. The van der Waals surface area contributed by atoms with Gasteiger partial charge in [0, 0.05) is 5.56 Å². The standard InChI is InChI=1S/C31H43IO3Si/c1-11-34-29-18-25(13-14-26-19-31(33-10)28(32)20-30(26)35-12-2)24(9)17-27(29)15-16-36(21(3)4,22(5)6)23(7)8/h13-14,17-23H,11-12H2,1-10H3/b14-13+. The number of rotatable bonds is 10. The van der Waals surface area contributed by atoms with Gasteiger partial charge in [0.15, 0.2) is 0 Å². The van der Waals surface area contributed by atoms with Gasteiger partial charge in [-0.15, -0.1) is 5.54 Å². The Morgan fingerprint density at radius 2 is 1.33 bits per heavy atom. The Morgan fingerprint density at radius 3 is 1.86 bits per heavy atom. The van der Waals surface area contributed by atoms with Crippen molar-refractivity contribution in [1.82, 2.24) is 0 Å². The molecule has 36 heavy (non-hydrogen) atoms. The third-order valence-corrected chi connectivity index (χ3v) is 14.1. The van der Waals surface area contributed by atoms with Crippen molar-refractivity contribution in [2.24, 2.45) is 0 Å². The molecule has 3 nitrogen and oxygen atoms in total. The molecule has 0 radical (unpaired) electrons. The second kappa shape index (κ2) is 13.6. The Bertz CT molecular complexity index is 1100. The molecule has 0 amide bonds. The van der Waals surface area contributed by atoms with Gasteiger partial charge in [-0.2, -0.15) is 0 Å². The van der Waals surface area contributed by atoms with E-state index >= 15 is 0 Å². The monoisotopic (exact) mass is 618 g/mol. The van der Waals surface area contributed by atoms with Crippen molar-refractivity contribution < 1.29 is 14.2 Å². The Kier molecular flexibility index (Phi) is 11.4. The van der Waals surface area contributed by atoms with E-state index in [4.69, 9.17) is 14.2 Å². The fraction of sp³-hybridized carbons (Fsp3) is 0.484. The van der Waals surface area contributed by atoms with Gasteiger partial charge < -0.3 is 14.2 Å². The molecule has 0 bridgehead atoms. The molecule has 0 saturated heterocycles. The second-order valence-corrected chi connectivity index (χ2v) is 16.8. The van der Waals surface area contributed by atoms with Gasteiger partial charge in [0.25, 0.3) is 0 Å². The van der Waals surface area contributed by atoms with Crippen molar-refractivity contribution in [2.45, 2.75) is 78.9 Å². The molecule has 0 heterocycles. The Morgan fingerprint density at radius 1 is 0.806 bits per heavy atom. The van der Waals surface area contributed by atoms with E-state index in [0.717, 1.165) is 37.5 Å². The lowest BCUT2D eigenvalue weighted by atomic mass is 10.0. The highest BCUT2D eigenvalue weighted by molar-refractivity contribution is 14.1. The van der Waals surface area contributed by atoms with Crippen LogP contribution in [0.25, 0.3) is 12.2 Å². The molecule has 0 fully saturated rings. The fourth-order valence-electron chi connectivity index (χ4n) is 5.16. The Balaban J connectivity index is 2.57. The highest BCUT2D eigenvalue weighted by Crippen LogP contribution is 2.41. The van der Waals surface area contributed by atoms with E-state index in [0.29, 0.717) is 29.8 Å². The largest absolute Gasteiger partial charge is 0.496 e. The van der Waals surface area contributed by atoms with Gasteiger partial charge in [0.05, 0.1) is 29.5 Å². The van der Waals surface area contributed by atoms with Gasteiger partial charge in [-0.1, -0.05) is 59.6 Å². The number of aryl methyl sites for hydroxylation is 1. The zero-order valence-electron chi connectivity index (χ0n) is 23.7. The summed E-state index contributed by atoms with van der Waals surface area (Å²) < 4.78 is 18.5. The number of hydrogen-bond acceptors (Lipinski definition) is 3. The van der Waals surface area contributed by atoms with Crippen LogP contribution in [0.15, 0.2) is 24.3 Å². The van der Waals surface area contributed by atoms with Crippen molar-refractivity contribution in [3.63, 3.8) is 0 Å². The molecular weight excluding hydrogens is 575 g/mol. The first-order valence-electron chi connectivity index (χ1n) is 13.0. The maximum atomic E-state index is 6.08. The van der Waals surface area contributed by atoms with Crippen LogP contribution in [0.4, 0.5) is 0 Å². The van der Waals surface area contributed by atoms with Gasteiger partial charge in [0.1, 0.15) is 25.3 Å². The van der Waals surface area contributed by atoms with Crippen molar-refractivity contribution in [3.05, 3.63) is 50.1 Å². The molecule has 0 aliphatic rings. The molecule has 2 aromatic rings. The highest BCUT2D eigenvalue weighted by atomic mass is 127. The maximum absolute atomic E-state index is 6.08. The van der Waals surface area contributed by atoms with E-state index in [1.165, 1.54) is 5.56 Å². The zero-order valence-corrected chi connectivity index (χ0v) is 26.9. The maximum Gasteiger partial charge on any atom is 0.146 e. The van der Waals surface area contributed by atoms with Crippen LogP contribution in [0.5, 0.6) is 17.2 Å². The van der Waals surface area contributed by atoms with E-state index in [9.17, 15) is 0 Å². The first-order valence-corrected chi connectivity index (χ1v) is 16.3. The molecule has 0 unspecified atom stereocenters. The lowest BCUT2D eigenvalue weighted by molar-refractivity contribution is 0.337. The summed E-state index contributed by atoms with van der Waals surface area (Å²) in [6.07, 6.45) is 4.20. The minimum atomic E-state index is -1.83.